The standard InChI is InChI=1S/C14H24ClNO3/c1-14(2,3)12(7-8-15)16(13(18)19)10-5-4-6-11(17)9-10/h10,12H,4-9H2,1-3H3,(H,18,19). The van der Waals surface area contributed by atoms with Crippen molar-refractivity contribution in [3.8, 4) is 0 Å². The molecule has 0 aliphatic heterocycles. The molecule has 0 radical (unpaired) electrons. The molecule has 0 aromatic rings. The summed E-state index contributed by atoms with van der Waals surface area (Å²) in [6.07, 6.45) is 2.16. The number of alkyl halides is 1. The van der Waals surface area contributed by atoms with Gasteiger partial charge in [0.15, 0.2) is 0 Å². The summed E-state index contributed by atoms with van der Waals surface area (Å²) < 4.78 is 0. The molecule has 1 saturated carbocycles. The van der Waals surface area contributed by atoms with Crippen molar-refractivity contribution in [1.29, 1.82) is 0 Å². The van der Waals surface area contributed by atoms with Gasteiger partial charge in [0.25, 0.3) is 0 Å². The molecule has 0 spiro atoms. The quantitative estimate of drug-likeness (QED) is 0.806. The predicted octanol–water partition coefficient (Wildman–Crippen LogP) is 3.52. The third kappa shape index (κ3) is 4.37. The second kappa shape index (κ2) is 6.60. The highest BCUT2D eigenvalue weighted by Gasteiger charge is 2.38. The number of carbonyl (C=O) groups is 2. The molecule has 0 aromatic heterocycles. The number of rotatable bonds is 4. The molecule has 0 aromatic carbocycles. The monoisotopic (exact) mass is 289 g/mol. The highest BCUT2D eigenvalue weighted by atomic mass is 35.5. The number of ketones is 1. The number of carboxylic acid groups (broad SMARTS) is 1. The molecule has 110 valence electrons. The van der Waals surface area contributed by atoms with Crippen LogP contribution < -0.4 is 0 Å². The topological polar surface area (TPSA) is 57.6 Å². The van der Waals surface area contributed by atoms with Gasteiger partial charge in [0.2, 0.25) is 0 Å². The molecule has 19 heavy (non-hydrogen) atoms. The average Bonchev–Trinajstić information content (AvgIpc) is 2.26. The maximum absolute atomic E-state index is 11.6. The van der Waals surface area contributed by atoms with Crippen LogP contribution in [0.1, 0.15) is 52.9 Å². The first-order valence-electron chi connectivity index (χ1n) is 6.86. The minimum Gasteiger partial charge on any atom is -0.465 e. The van der Waals surface area contributed by atoms with Crippen molar-refractivity contribution in [3.63, 3.8) is 0 Å². The Labute approximate surface area is 120 Å². The van der Waals surface area contributed by atoms with E-state index in [0.717, 1.165) is 12.8 Å². The Kier molecular flexibility index (Phi) is 5.65. The lowest BCUT2D eigenvalue weighted by Gasteiger charge is -2.43. The highest BCUT2D eigenvalue weighted by molar-refractivity contribution is 6.17. The fourth-order valence-corrected chi connectivity index (χ4v) is 3.08. The summed E-state index contributed by atoms with van der Waals surface area (Å²) in [5.74, 6) is 0.591. The number of hydrogen-bond donors (Lipinski definition) is 1. The van der Waals surface area contributed by atoms with Gasteiger partial charge in [-0.25, -0.2) is 4.79 Å². The van der Waals surface area contributed by atoms with Crippen LogP contribution in [0, 0.1) is 5.41 Å². The van der Waals surface area contributed by atoms with Crippen molar-refractivity contribution in [2.24, 2.45) is 5.41 Å². The van der Waals surface area contributed by atoms with Crippen LogP contribution >= 0.6 is 11.6 Å². The van der Waals surface area contributed by atoms with Crippen molar-refractivity contribution in [2.45, 2.75) is 65.0 Å². The Morgan fingerprint density at radius 1 is 1.53 bits per heavy atom. The second-order valence-corrected chi connectivity index (χ2v) is 6.72. The predicted molar refractivity (Wildman–Crippen MR) is 75.7 cm³/mol. The molecule has 4 nitrogen and oxygen atoms in total. The van der Waals surface area contributed by atoms with E-state index in [4.69, 9.17) is 11.6 Å². The SMILES string of the molecule is CC(C)(C)C(CCCl)N(C(=O)O)C1CCCC(=O)C1. The van der Waals surface area contributed by atoms with Crippen molar-refractivity contribution in [1.82, 2.24) is 4.90 Å². The van der Waals surface area contributed by atoms with Crippen LogP contribution in [0.15, 0.2) is 0 Å². The van der Waals surface area contributed by atoms with Crippen molar-refractivity contribution in [3.05, 3.63) is 0 Å². The molecule has 1 aliphatic carbocycles. The molecule has 0 heterocycles. The maximum atomic E-state index is 11.6. The largest absolute Gasteiger partial charge is 0.465 e. The van der Waals surface area contributed by atoms with Gasteiger partial charge in [0.05, 0.1) is 0 Å². The molecule has 1 fully saturated rings. The van der Waals surface area contributed by atoms with Crippen LogP contribution in [-0.2, 0) is 4.79 Å². The lowest BCUT2D eigenvalue weighted by molar-refractivity contribution is -0.122. The summed E-state index contributed by atoms with van der Waals surface area (Å²) >= 11 is 5.83. The third-order valence-electron chi connectivity index (χ3n) is 3.79. The van der Waals surface area contributed by atoms with Crippen molar-refractivity contribution >= 4 is 23.5 Å². The lowest BCUT2D eigenvalue weighted by atomic mass is 9.81. The molecule has 2 atom stereocenters. The highest BCUT2D eigenvalue weighted by Crippen LogP contribution is 2.32. The van der Waals surface area contributed by atoms with Crippen LogP contribution in [0.2, 0.25) is 0 Å². The van der Waals surface area contributed by atoms with Crippen molar-refractivity contribution in [2.75, 3.05) is 5.88 Å². The van der Waals surface area contributed by atoms with Gasteiger partial charge in [-0.15, -0.1) is 11.6 Å². The van der Waals surface area contributed by atoms with Crippen LogP contribution in [-0.4, -0.2) is 39.8 Å². The molecular weight excluding hydrogens is 266 g/mol. The summed E-state index contributed by atoms with van der Waals surface area (Å²) in [5.41, 5.74) is -0.187. The summed E-state index contributed by atoms with van der Waals surface area (Å²) in [6, 6.07) is -0.343. The Morgan fingerprint density at radius 3 is 2.58 bits per heavy atom. The molecule has 1 aliphatic rings. The zero-order valence-electron chi connectivity index (χ0n) is 12.0. The lowest BCUT2D eigenvalue weighted by Crippen LogP contribution is -2.53. The molecule has 1 rings (SSSR count). The molecular formula is C14H24ClNO3. The average molecular weight is 290 g/mol. The molecule has 1 amide bonds. The summed E-state index contributed by atoms with van der Waals surface area (Å²) in [6.45, 7) is 6.06. The molecule has 2 unspecified atom stereocenters. The van der Waals surface area contributed by atoms with Crippen LogP contribution in [0.5, 0.6) is 0 Å². The maximum Gasteiger partial charge on any atom is 0.407 e. The van der Waals surface area contributed by atoms with Crippen LogP contribution in [0.25, 0.3) is 0 Å². The molecule has 5 heteroatoms. The number of carbonyl (C=O) groups excluding carboxylic acids is 1. The van der Waals surface area contributed by atoms with Gasteiger partial charge >= 0.3 is 6.09 Å². The fourth-order valence-electron chi connectivity index (χ4n) is 2.88. The summed E-state index contributed by atoms with van der Waals surface area (Å²) in [5, 5.41) is 9.54. The summed E-state index contributed by atoms with van der Waals surface area (Å²) in [4.78, 5) is 24.7. The first-order valence-corrected chi connectivity index (χ1v) is 7.39. The van der Waals surface area contributed by atoms with E-state index in [1.54, 1.807) is 0 Å². The third-order valence-corrected chi connectivity index (χ3v) is 4.01. The minimum absolute atomic E-state index is 0.154. The van der Waals surface area contributed by atoms with E-state index in [9.17, 15) is 14.7 Å². The van der Waals surface area contributed by atoms with E-state index in [-0.39, 0.29) is 23.3 Å². The molecule has 0 bridgehead atoms. The van der Waals surface area contributed by atoms with E-state index in [1.807, 2.05) is 20.8 Å². The van der Waals surface area contributed by atoms with E-state index in [1.165, 1.54) is 4.90 Å². The van der Waals surface area contributed by atoms with Gasteiger partial charge in [-0.2, -0.15) is 0 Å². The smallest absolute Gasteiger partial charge is 0.407 e. The first kappa shape index (κ1) is 16.3. The van der Waals surface area contributed by atoms with E-state index >= 15 is 0 Å². The Morgan fingerprint density at radius 2 is 2.16 bits per heavy atom. The molecule has 0 saturated heterocycles. The number of amides is 1. The zero-order chi connectivity index (χ0) is 14.6. The van der Waals surface area contributed by atoms with Gasteiger partial charge in [-0.3, -0.25) is 4.79 Å². The van der Waals surface area contributed by atoms with E-state index in [0.29, 0.717) is 25.1 Å². The minimum atomic E-state index is -0.940. The Balaban J connectivity index is 2.96. The fraction of sp³-hybridized carbons (Fsp3) is 0.857. The van der Waals surface area contributed by atoms with Gasteiger partial charge in [-0.05, 0) is 24.7 Å². The van der Waals surface area contributed by atoms with Crippen LogP contribution in [0.3, 0.4) is 0 Å². The Bertz CT molecular complexity index is 338. The van der Waals surface area contributed by atoms with Crippen molar-refractivity contribution < 1.29 is 14.7 Å². The zero-order valence-corrected chi connectivity index (χ0v) is 12.7. The van der Waals surface area contributed by atoms with Crippen LogP contribution in [0.4, 0.5) is 4.79 Å². The number of Topliss-reactive ketones (excluding diaryl/α,β-unsaturated/α-hetero) is 1. The summed E-state index contributed by atoms with van der Waals surface area (Å²) in [7, 11) is 0. The van der Waals surface area contributed by atoms with Gasteiger partial charge in [0, 0.05) is 30.8 Å². The number of hydrogen-bond acceptors (Lipinski definition) is 2. The van der Waals surface area contributed by atoms with E-state index < -0.39 is 6.09 Å². The Hall–Kier alpha value is -0.770. The number of halogens is 1. The van der Waals surface area contributed by atoms with Gasteiger partial charge in [0.1, 0.15) is 5.78 Å². The van der Waals surface area contributed by atoms with E-state index in [2.05, 4.69) is 0 Å². The number of nitrogens with zero attached hydrogens (tertiary/aromatic N) is 1. The second-order valence-electron chi connectivity index (χ2n) is 6.34. The first-order chi connectivity index (χ1) is 8.77. The molecule has 1 N–H and O–H groups in total. The van der Waals surface area contributed by atoms with Gasteiger partial charge in [-0.1, -0.05) is 20.8 Å². The van der Waals surface area contributed by atoms with Gasteiger partial charge < -0.3 is 10.0 Å². The normalized spacial score (nSPS) is 22.1.